The second-order valence-electron chi connectivity index (χ2n) is 8.40. The monoisotopic (exact) mass is 427 g/mol. The first-order valence-corrected chi connectivity index (χ1v) is 11.2. The smallest absolute Gasteiger partial charge is 0.191 e. The lowest BCUT2D eigenvalue weighted by Gasteiger charge is -2.34. The summed E-state index contributed by atoms with van der Waals surface area (Å²) in [6.45, 7) is 12.0. The number of guanidine groups is 1. The molecule has 1 fully saturated rings. The first kappa shape index (κ1) is 23.2. The summed E-state index contributed by atoms with van der Waals surface area (Å²) in [7, 11) is 1.84. The van der Waals surface area contributed by atoms with Crippen LogP contribution in [0.15, 0.2) is 47.7 Å². The normalized spacial score (nSPS) is 18.0. The van der Waals surface area contributed by atoms with Crippen molar-refractivity contribution >= 4 is 5.96 Å². The second kappa shape index (κ2) is 11.3. The van der Waals surface area contributed by atoms with Crippen molar-refractivity contribution in [3.8, 4) is 0 Å². The predicted molar refractivity (Wildman–Crippen MR) is 125 cm³/mol. The molecule has 0 amide bonds. The summed E-state index contributed by atoms with van der Waals surface area (Å²) >= 11 is 0. The molecule has 8 nitrogen and oxygen atoms in total. The lowest BCUT2D eigenvalue weighted by molar-refractivity contribution is 0.0671. The molecule has 170 valence electrons. The molecule has 1 saturated heterocycles. The number of rotatable bonds is 9. The van der Waals surface area contributed by atoms with Gasteiger partial charge < -0.3 is 15.7 Å². The lowest BCUT2D eigenvalue weighted by atomic mass is 10.0. The quantitative estimate of drug-likeness (QED) is 0.409. The van der Waals surface area contributed by atoms with Crippen LogP contribution in [0.5, 0.6) is 0 Å². The molecule has 0 spiro atoms. The average molecular weight is 428 g/mol. The SMILES string of the molecule is CCNC(=NCC(C)(O)c1cnn(C)c1)NCCN1CCN(Cc2ccccc2)CC1. The van der Waals surface area contributed by atoms with Crippen molar-refractivity contribution in [2.75, 3.05) is 52.4 Å². The average Bonchev–Trinajstić information content (AvgIpc) is 3.21. The summed E-state index contributed by atoms with van der Waals surface area (Å²) in [4.78, 5) is 9.60. The van der Waals surface area contributed by atoms with Crippen LogP contribution in [-0.2, 0) is 19.2 Å². The number of aryl methyl sites for hydroxylation is 1. The fourth-order valence-corrected chi connectivity index (χ4v) is 3.71. The zero-order chi connectivity index (χ0) is 22.1. The van der Waals surface area contributed by atoms with E-state index in [2.05, 4.69) is 60.9 Å². The molecule has 1 atom stereocenters. The van der Waals surface area contributed by atoms with Gasteiger partial charge >= 0.3 is 0 Å². The number of piperazine rings is 1. The Morgan fingerprint density at radius 3 is 2.48 bits per heavy atom. The van der Waals surface area contributed by atoms with Gasteiger partial charge in [0.2, 0.25) is 0 Å². The molecule has 1 unspecified atom stereocenters. The van der Waals surface area contributed by atoms with Crippen molar-refractivity contribution in [1.29, 1.82) is 0 Å². The Labute approximate surface area is 186 Å². The fourth-order valence-electron chi connectivity index (χ4n) is 3.71. The second-order valence-corrected chi connectivity index (χ2v) is 8.40. The first-order chi connectivity index (χ1) is 15.0. The Morgan fingerprint density at radius 1 is 1.13 bits per heavy atom. The summed E-state index contributed by atoms with van der Waals surface area (Å²) in [5.41, 5.74) is 1.10. The van der Waals surface area contributed by atoms with Gasteiger partial charge in [0.1, 0.15) is 5.60 Å². The van der Waals surface area contributed by atoms with E-state index in [4.69, 9.17) is 0 Å². The van der Waals surface area contributed by atoms with Gasteiger partial charge in [0.25, 0.3) is 0 Å². The van der Waals surface area contributed by atoms with E-state index >= 15 is 0 Å². The maximum atomic E-state index is 10.7. The largest absolute Gasteiger partial charge is 0.383 e. The molecule has 1 aromatic heterocycles. The van der Waals surface area contributed by atoms with Crippen LogP contribution in [0.3, 0.4) is 0 Å². The Bertz CT molecular complexity index is 810. The highest BCUT2D eigenvalue weighted by molar-refractivity contribution is 5.79. The van der Waals surface area contributed by atoms with Crippen LogP contribution in [0, 0.1) is 0 Å². The van der Waals surface area contributed by atoms with Crippen molar-refractivity contribution in [1.82, 2.24) is 30.2 Å². The van der Waals surface area contributed by atoms with E-state index in [0.717, 1.165) is 63.9 Å². The Morgan fingerprint density at radius 2 is 1.84 bits per heavy atom. The zero-order valence-corrected chi connectivity index (χ0v) is 19.1. The van der Waals surface area contributed by atoms with Gasteiger partial charge in [0.05, 0.1) is 12.7 Å². The van der Waals surface area contributed by atoms with E-state index in [1.165, 1.54) is 5.56 Å². The topological polar surface area (TPSA) is 80.9 Å². The molecule has 2 heterocycles. The van der Waals surface area contributed by atoms with Crippen LogP contribution in [0.4, 0.5) is 0 Å². The first-order valence-electron chi connectivity index (χ1n) is 11.2. The number of aliphatic hydroxyl groups is 1. The molecule has 1 aliphatic heterocycles. The Hall–Kier alpha value is -2.42. The molecular weight excluding hydrogens is 390 g/mol. The molecule has 2 aromatic rings. The van der Waals surface area contributed by atoms with Gasteiger partial charge in [-0.15, -0.1) is 0 Å². The molecule has 31 heavy (non-hydrogen) atoms. The van der Waals surface area contributed by atoms with E-state index in [9.17, 15) is 5.11 Å². The number of aromatic nitrogens is 2. The Kier molecular flexibility index (Phi) is 8.45. The number of hydrogen-bond donors (Lipinski definition) is 3. The molecule has 8 heteroatoms. The van der Waals surface area contributed by atoms with Crippen LogP contribution in [-0.4, -0.2) is 83.0 Å². The van der Waals surface area contributed by atoms with Gasteiger partial charge in [-0.1, -0.05) is 30.3 Å². The predicted octanol–water partition coefficient (Wildman–Crippen LogP) is 1.00. The van der Waals surface area contributed by atoms with Gasteiger partial charge in [0, 0.05) is 71.2 Å². The molecule has 1 aliphatic rings. The van der Waals surface area contributed by atoms with Crippen molar-refractivity contribution in [3.63, 3.8) is 0 Å². The van der Waals surface area contributed by atoms with Crippen LogP contribution in [0.25, 0.3) is 0 Å². The fraction of sp³-hybridized carbons (Fsp3) is 0.565. The molecular formula is C23H37N7O. The highest BCUT2D eigenvalue weighted by atomic mass is 16.3. The maximum absolute atomic E-state index is 10.7. The van der Waals surface area contributed by atoms with Crippen LogP contribution >= 0.6 is 0 Å². The van der Waals surface area contributed by atoms with Crippen molar-refractivity contribution < 1.29 is 5.11 Å². The summed E-state index contributed by atoms with van der Waals surface area (Å²) in [6.07, 6.45) is 3.51. The lowest BCUT2D eigenvalue weighted by Crippen LogP contribution is -2.49. The minimum atomic E-state index is -1.05. The number of nitrogens with one attached hydrogen (secondary N) is 2. The molecule has 0 bridgehead atoms. The van der Waals surface area contributed by atoms with Crippen molar-refractivity contribution in [2.24, 2.45) is 12.0 Å². The van der Waals surface area contributed by atoms with E-state index < -0.39 is 5.60 Å². The molecule has 3 N–H and O–H groups in total. The number of benzene rings is 1. The third-order valence-corrected chi connectivity index (χ3v) is 5.65. The third-order valence-electron chi connectivity index (χ3n) is 5.65. The van der Waals surface area contributed by atoms with E-state index in [1.54, 1.807) is 17.8 Å². The van der Waals surface area contributed by atoms with Crippen LogP contribution < -0.4 is 10.6 Å². The van der Waals surface area contributed by atoms with Gasteiger partial charge in [-0.05, 0) is 19.4 Å². The maximum Gasteiger partial charge on any atom is 0.191 e. The molecule has 1 aromatic carbocycles. The van der Waals surface area contributed by atoms with Crippen LogP contribution in [0.2, 0.25) is 0 Å². The van der Waals surface area contributed by atoms with E-state index in [1.807, 2.05) is 20.2 Å². The molecule has 0 saturated carbocycles. The molecule has 0 aliphatic carbocycles. The summed E-state index contributed by atoms with van der Waals surface area (Å²) < 4.78 is 1.69. The minimum Gasteiger partial charge on any atom is -0.383 e. The Balaban J connectivity index is 1.41. The van der Waals surface area contributed by atoms with Gasteiger partial charge in [-0.3, -0.25) is 14.5 Å². The summed E-state index contributed by atoms with van der Waals surface area (Å²) in [5, 5.41) is 21.6. The van der Waals surface area contributed by atoms with E-state index in [0.29, 0.717) is 0 Å². The van der Waals surface area contributed by atoms with Crippen LogP contribution in [0.1, 0.15) is 25.0 Å². The van der Waals surface area contributed by atoms with E-state index in [-0.39, 0.29) is 6.54 Å². The van der Waals surface area contributed by atoms with Crippen molar-refractivity contribution in [3.05, 3.63) is 53.9 Å². The zero-order valence-electron chi connectivity index (χ0n) is 19.1. The third kappa shape index (κ3) is 7.34. The minimum absolute atomic E-state index is 0.270. The van der Waals surface area contributed by atoms with Crippen molar-refractivity contribution in [2.45, 2.75) is 26.0 Å². The van der Waals surface area contributed by atoms with Gasteiger partial charge in [-0.25, -0.2) is 4.99 Å². The number of hydrogen-bond acceptors (Lipinski definition) is 5. The summed E-state index contributed by atoms with van der Waals surface area (Å²) in [6, 6.07) is 10.7. The molecule has 0 radical (unpaired) electrons. The summed E-state index contributed by atoms with van der Waals surface area (Å²) in [5.74, 6) is 0.731. The van der Waals surface area contributed by atoms with Gasteiger partial charge in [0.15, 0.2) is 5.96 Å². The number of aliphatic imine (C=N–C) groups is 1. The highest BCUT2D eigenvalue weighted by Gasteiger charge is 2.24. The molecule has 3 rings (SSSR count). The standard InChI is InChI=1S/C23H37N7O/c1-4-24-22(26-19-23(2,31)21-16-27-28(3)18-21)25-10-11-29-12-14-30(15-13-29)17-20-8-6-5-7-9-20/h5-9,16,18,31H,4,10-15,17,19H2,1-3H3,(H2,24,25,26). The highest BCUT2D eigenvalue weighted by Crippen LogP contribution is 2.19. The van der Waals surface area contributed by atoms with Gasteiger partial charge in [-0.2, -0.15) is 5.10 Å². The number of nitrogens with zero attached hydrogens (tertiary/aromatic N) is 5.